The molecule has 0 spiro atoms. The van der Waals surface area contributed by atoms with Gasteiger partial charge < -0.3 is 20.7 Å². The number of carbonyl (C=O) groups is 2. The third-order valence-electron chi connectivity index (χ3n) is 5.09. The molecule has 1 aromatic carbocycles. The van der Waals surface area contributed by atoms with Crippen LogP contribution >= 0.6 is 0 Å². The van der Waals surface area contributed by atoms with Gasteiger partial charge in [0.05, 0.1) is 13.7 Å². The second kappa shape index (κ2) is 7.74. The fraction of sp³-hybridized carbons (Fsp3) is 0.556. The highest BCUT2D eigenvalue weighted by Gasteiger charge is 2.36. The fourth-order valence-electron chi connectivity index (χ4n) is 3.87. The molecule has 4 rings (SSSR count). The lowest BCUT2D eigenvalue weighted by molar-refractivity contribution is -0.134. The van der Waals surface area contributed by atoms with Gasteiger partial charge in [-0.25, -0.2) is 4.79 Å². The third kappa shape index (κ3) is 4.42. The number of benzene rings is 1. The number of nitrogens with zero attached hydrogens (tertiary/aromatic N) is 2. The van der Waals surface area contributed by atoms with E-state index in [2.05, 4.69) is 22.3 Å². The first-order chi connectivity index (χ1) is 12.0. The lowest BCUT2D eigenvalue weighted by atomic mass is 9.95. The van der Waals surface area contributed by atoms with Crippen LogP contribution in [0.4, 0.5) is 4.79 Å². The predicted molar refractivity (Wildman–Crippen MR) is 94.1 cm³/mol. The Balaban J connectivity index is 1.62. The van der Waals surface area contributed by atoms with Crippen LogP contribution in [0.3, 0.4) is 0 Å². The molecule has 3 amide bonds. The van der Waals surface area contributed by atoms with Crippen molar-refractivity contribution in [3.63, 3.8) is 0 Å². The number of hydrogen-bond donors (Lipinski definition) is 2. The molecule has 1 aromatic rings. The zero-order valence-corrected chi connectivity index (χ0v) is 14.6. The maximum absolute atomic E-state index is 12.4. The number of nitrogens with two attached hydrogens (primary N) is 1. The average molecular weight is 346 g/mol. The predicted octanol–water partition coefficient (Wildman–Crippen LogP) is 0.786. The molecule has 3 heterocycles. The van der Waals surface area contributed by atoms with Crippen LogP contribution in [0.1, 0.15) is 18.4 Å². The molecular formula is C18H26N4O3. The van der Waals surface area contributed by atoms with E-state index in [0.717, 1.165) is 44.8 Å². The van der Waals surface area contributed by atoms with Crippen molar-refractivity contribution in [3.8, 4) is 5.75 Å². The molecule has 0 saturated carbocycles. The van der Waals surface area contributed by atoms with E-state index >= 15 is 0 Å². The Bertz CT molecular complexity index is 619. The van der Waals surface area contributed by atoms with Gasteiger partial charge >= 0.3 is 6.03 Å². The fourth-order valence-corrected chi connectivity index (χ4v) is 3.87. The maximum atomic E-state index is 12.4. The summed E-state index contributed by atoms with van der Waals surface area (Å²) in [5.74, 6) is 1.30. The first kappa shape index (κ1) is 17.5. The Labute approximate surface area is 148 Å². The highest BCUT2D eigenvalue weighted by atomic mass is 16.5. The van der Waals surface area contributed by atoms with E-state index in [1.165, 1.54) is 5.56 Å². The number of rotatable bonds is 5. The Morgan fingerprint density at radius 3 is 2.64 bits per heavy atom. The second-order valence-corrected chi connectivity index (χ2v) is 6.90. The van der Waals surface area contributed by atoms with Crippen LogP contribution in [0.5, 0.6) is 5.75 Å². The Morgan fingerprint density at radius 2 is 1.96 bits per heavy atom. The molecule has 3 aliphatic heterocycles. The second-order valence-electron chi connectivity index (χ2n) is 6.90. The molecule has 0 aromatic heterocycles. The van der Waals surface area contributed by atoms with Crippen LogP contribution < -0.4 is 15.8 Å². The van der Waals surface area contributed by atoms with Crippen molar-refractivity contribution in [2.24, 2.45) is 11.7 Å². The quantitative estimate of drug-likeness (QED) is 0.825. The van der Waals surface area contributed by atoms with Crippen molar-refractivity contribution in [1.82, 2.24) is 15.1 Å². The van der Waals surface area contributed by atoms with Gasteiger partial charge in [-0.15, -0.1) is 0 Å². The van der Waals surface area contributed by atoms with Crippen LogP contribution in [0, 0.1) is 5.92 Å². The van der Waals surface area contributed by atoms with Crippen LogP contribution in [0.2, 0.25) is 0 Å². The van der Waals surface area contributed by atoms with Crippen LogP contribution in [0.15, 0.2) is 24.3 Å². The smallest absolute Gasteiger partial charge is 0.312 e. The summed E-state index contributed by atoms with van der Waals surface area (Å²) in [6.45, 7) is 3.49. The summed E-state index contributed by atoms with van der Waals surface area (Å²) in [5, 5.41) is 2.41. The summed E-state index contributed by atoms with van der Waals surface area (Å²) in [7, 11) is 1.67. The van der Waals surface area contributed by atoms with Crippen molar-refractivity contribution >= 4 is 11.9 Å². The number of piperidine rings is 1. The first-order valence-corrected chi connectivity index (χ1v) is 8.73. The summed E-state index contributed by atoms with van der Waals surface area (Å²) in [5.41, 5.74) is 6.31. The van der Waals surface area contributed by atoms with Gasteiger partial charge in [-0.2, -0.15) is 0 Å². The number of hydrogen-bond acceptors (Lipinski definition) is 4. The number of ether oxygens (including phenoxy) is 1. The minimum Gasteiger partial charge on any atom is -0.497 e. The summed E-state index contributed by atoms with van der Waals surface area (Å²) in [4.78, 5) is 27.6. The number of urea groups is 1. The van der Waals surface area contributed by atoms with E-state index in [4.69, 9.17) is 10.5 Å². The van der Waals surface area contributed by atoms with Gasteiger partial charge in [-0.05, 0) is 36.5 Å². The molecule has 3 aliphatic rings. The Morgan fingerprint density at radius 1 is 1.20 bits per heavy atom. The van der Waals surface area contributed by atoms with E-state index < -0.39 is 6.03 Å². The monoisotopic (exact) mass is 346 g/mol. The number of methoxy groups -OCH3 is 1. The first-order valence-electron chi connectivity index (χ1n) is 8.73. The molecular weight excluding hydrogens is 320 g/mol. The molecule has 3 saturated heterocycles. The number of fused-ring (bicyclic) bond motifs is 4. The van der Waals surface area contributed by atoms with E-state index in [9.17, 15) is 9.59 Å². The third-order valence-corrected chi connectivity index (χ3v) is 5.09. The summed E-state index contributed by atoms with van der Waals surface area (Å²) in [6, 6.07) is 7.69. The lowest BCUT2D eigenvalue weighted by Crippen LogP contribution is -2.51. The molecule has 0 aliphatic carbocycles. The molecule has 7 nitrogen and oxygen atoms in total. The minimum atomic E-state index is -0.658. The van der Waals surface area contributed by atoms with Gasteiger partial charge in [0.1, 0.15) is 5.75 Å². The van der Waals surface area contributed by atoms with Gasteiger partial charge in [0, 0.05) is 32.2 Å². The van der Waals surface area contributed by atoms with Gasteiger partial charge in [0.25, 0.3) is 0 Å². The molecule has 2 unspecified atom stereocenters. The molecule has 7 heteroatoms. The van der Waals surface area contributed by atoms with Crippen molar-refractivity contribution in [1.29, 1.82) is 0 Å². The number of amides is 3. The maximum Gasteiger partial charge on any atom is 0.312 e. The molecule has 2 atom stereocenters. The molecule has 0 radical (unpaired) electrons. The Kier molecular flexibility index (Phi) is 5.43. The zero-order chi connectivity index (χ0) is 17.8. The van der Waals surface area contributed by atoms with E-state index in [-0.39, 0.29) is 18.5 Å². The molecule has 2 bridgehead atoms. The van der Waals surface area contributed by atoms with Crippen molar-refractivity contribution < 1.29 is 14.3 Å². The largest absolute Gasteiger partial charge is 0.497 e. The molecule has 3 fully saturated rings. The van der Waals surface area contributed by atoms with Crippen LogP contribution in [0.25, 0.3) is 0 Å². The van der Waals surface area contributed by atoms with Crippen LogP contribution in [-0.4, -0.2) is 61.1 Å². The van der Waals surface area contributed by atoms with Crippen LogP contribution in [-0.2, 0) is 11.3 Å². The van der Waals surface area contributed by atoms with Crippen molar-refractivity contribution in [2.45, 2.75) is 25.4 Å². The van der Waals surface area contributed by atoms with Gasteiger partial charge in [0.15, 0.2) is 0 Å². The highest BCUT2D eigenvalue weighted by molar-refractivity contribution is 5.83. The summed E-state index contributed by atoms with van der Waals surface area (Å²) < 4.78 is 5.21. The van der Waals surface area contributed by atoms with Gasteiger partial charge in [0.2, 0.25) is 5.91 Å². The number of nitrogens with one attached hydrogen (secondary N) is 1. The molecule has 25 heavy (non-hydrogen) atoms. The van der Waals surface area contributed by atoms with Crippen molar-refractivity contribution in [2.75, 3.05) is 33.3 Å². The summed E-state index contributed by atoms with van der Waals surface area (Å²) >= 11 is 0. The number of primary amides is 1. The number of carbonyl (C=O) groups excluding carboxylic acids is 2. The topological polar surface area (TPSA) is 87.9 Å². The SMILES string of the molecule is COc1ccc(CN2CC3CCC(C2)N(C(=O)CNC(N)=O)C3)cc1. The lowest BCUT2D eigenvalue weighted by Gasteiger charge is -2.36. The van der Waals surface area contributed by atoms with Gasteiger partial charge in [-0.3, -0.25) is 9.69 Å². The van der Waals surface area contributed by atoms with E-state index in [0.29, 0.717) is 5.92 Å². The zero-order valence-electron chi connectivity index (χ0n) is 14.6. The summed E-state index contributed by atoms with van der Waals surface area (Å²) in [6.07, 6.45) is 2.17. The van der Waals surface area contributed by atoms with E-state index in [1.54, 1.807) is 7.11 Å². The standard InChI is InChI=1S/C18H26N4O3/c1-25-16-6-3-13(4-7-16)9-21-10-14-2-5-15(12-21)22(11-14)17(23)8-20-18(19)24/h3-4,6-7,14-15H,2,5,8-12H2,1H3,(H3,19,20,24). The highest BCUT2D eigenvalue weighted by Crippen LogP contribution is 2.29. The van der Waals surface area contributed by atoms with Gasteiger partial charge in [-0.1, -0.05) is 12.1 Å². The normalized spacial score (nSPS) is 23.2. The molecule has 3 N–H and O–H groups in total. The van der Waals surface area contributed by atoms with Crippen molar-refractivity contribution in [3.05, 3.63) is 29.8 Å². The van der Waals surface area contributed by atoms with E-state index in [1.807, 2.05) is 17.0 Å². The minimum absolute atomic E-state index is 0.0168. The molecule has 136 valence electrons. The average Bonchev–Trinajstić information content (AvgIpc) is 2.91. The Hall–Kier alpha value is -2.28.